The maximum atomic E-state index is 12.7. The van der Waals surface area contributed by atoms with Gasteiger partial charge in [-0.25, -0.2) is 4.79 Å². The highest BCUT2D eigenvalue weighted by molar-refractivity contribution is 7.80. The molecule has 0 aromatic heterocycles. The molecular weight excluding hydrogens is 370 g/mol. The van der Waals surface area contributed by atoms with E-state index < -0.39 is 35.3 Å². The number of ether oxygens (including phenoxy) is 2. The van der Waals surface area contributed by atoms with Gasteiger partial charge >= 0.3 is 6.09 Å². The third-order valence-electron chi connectivity index (χ3n) is 3.97. The fourth-order valence-electron chi connectivity index (χ4n) is 2.82. The lowest BCUT2D eigenvalue weighted by molar-refractivity contribution is -0.128. The molecule has 0 aromatic rings. The van der Waals surface area contributed by atoms with Gasteiger partial charge in [0, 0.05) is 6.54 Å². The summed E-state index contributed by atoms with van der Waals surface area (Å²) in [4.78, 5) is 40.3. The fraction of sp³-hybridized carbons (Fsp3) is 0.556. The average Bonchev–Trinajstić information content (AvgIpc) is 2.80. The first kappa shape index (κ1) is 21.0. The van der Waals surface area contributed by atoms with Crippen molar-refractivity contribution in [3.8, 4) is 0 Å². The number of amides is 3. The highest BCUT2D eigenvalue weighted by atomic mass is 32.1. The summed E-state index contributed by atoms with van der Waals surface area (Å²) in [5, 5.41) is 2.50. The molecule has 0 aromatic carbocycles. The largest absolute Gasteiger partial charge is 0.444 e. The normalized spacial score (nSPS) is 24.3. The van der Waals surface area contributed by atoms with Gasteiger partial charge in [0.05, 0.1) is 12.6 Å². The van der Waals surface area contributed by atoms with Gasteiger partial charge in [0.2, 0.25) is 0 Å². The topological polar surface area (TPSA) is 88.2 Å². The summed E-state index contributed by atoms with van der Waals surface area (Å²) < 4.78 is 11.1. The predicted octanol–water partition coefficient (Wildman–Crippen LogP) is 1.71. The Kier molecular flexibility index (Phi) is 5.77. The molecule has 2 aliphatic heterocycles. The molecule has 1 N–H and O–H groups in total. The number of nitrogens with one attached hydrogen (secondary N) is 1. The minimum absolute atomic E-state index is 0.0223. The molecule has 2 aliphatic rings. The van der Waals surface area contributed by atoms with Gasteiger partial charge in [-0.05, 0) is 52.9 Å². The summed E-state index contributed by atoms with van der Waals surface area (Å²) in [7, 11) is 0. The lowest BCUT2D eigenvalue weighted by Gasteiger charge is -2.35. The van der Waals surface area contributed by atoms with Crippen molar-refractivity contribution in [1.29, 1.82) is 0 Å². The zero-order chi connectivity index (χ0) is 20.6. The van der Waals surface area contributed by atoms with E-state index in [4.69, 9.17) is 21.7 Å². The van der Waals surface area contributed by atoms with Crippen LogP contribution in [0, 0.1) is 0 Å². The Hall–Kier alpha value is -2.26. The molecule has 0 saturated carbocycles. The van der Waals surface area contributed by atoms with E-state index in [-0.39, 0.29) is 23.8 Å². The van der Waals surface area contributed by atoms with Gasteiger partial charge in [-0.15, -0.1) is 6.58 Å². The minimum Gasteiger partial charge on any atom is -0.444 e. The number of carbonyl (C=O) groups excluding carboxylic acids is 3. The number of hydrogen-bond acceptors (Lipinski definition) is 6. The van der Waals surface area contributed by atoms with Crippen molar-refractivity contribution in [3.05, 3.63) is 24.3 Å². The van der Waals surface area contributed by atoms with Gasteiger partial charge in [-0.1, -0.05) is 6.08 Å². The summed E-state index contributed by atoms with van der Waals surface area (Å²) in [6.45, 7) is 12.6. The molecule has 27 heavy (non-hydrogen) atoms. The van der Waals surface area contributed by atoms with E-state index in [2.05, 4.69) is 11.9 Å². The standard InChI is InChI=1S/C18H25N3O5S/c1-7-8-20-14(23)12(13(22)19-15(20)27)9-11-10-25-18(5,6)21(11)16(24)26-17(2,3)4/h7,9,11H,1,8,10H2,2-6H3,(H,19,22,27)/b12-9+/t11-/m1/s1. The molecule has 148 valence electrons. The van der Waals surface area contributed by atoms with Crippen LogP contribution in [0.4, 0.5) is 4.79 Å². The Morgan fingerprint density at radius 3 is 2.63 bits per heavy atom. The highest BCUT2D eigenvalue weighted by Crippen LogP contribution is 2.31. The molecule has 2 rings (SSSR count). The van der Waals surface area contributed by atoms with Crippen molar-refractivity contribution in [2.24, 2.45) is 0 Å². The van der Waals surface area contributed by atoms with Crippen LogP contribution in [0.3, 0.4) is 0 Å². The first-order valence-electron chi connectivity index (χ1n) is 8.53. The molecule has 0 bridgehead atoms. The lowest BCUT2D eigenvalue weighted by atomic mass is 10.1. The molecule has 8 nitrogen and oxygen atoms in total. The van der Waals surface area contributed by atoms with Crippen LogP contribution in [0.2, 0.25) is 0 Å². The maximum Gasteiger partial charge on any atom is 0.413 e. The van der Waals surface area contributed by atoms with Crippen molar-refractivity contribution in [2.75, 3.05) is 13.2 Å². The second-order valence-electron chi connectivity index (χ2n) is 7.72. The van der Waals surface area contributed by atoms with Crippen molar-refractivity contribution in [2.45, 2.75) is 52.0 Å². The van der Waals surface area contributed by atoms with Gasteiger partial charge in [0.1, 0.15) is 16.9 Å². The van der Waals surface area contributed by atoms with E-state index in [1.165, 1.54) is 22.0 Å². The van der Waals surface area contributed by atoms with Gasteiger partial charge in [0.15, 0.2) is 5.11 Å². The van der Waals surface area contributed by atoms with E-state index in [0.717, 1.165) is 0 Å². The summed E-state index contributed by atoms with van der Waals surface area (Å²) in [5.41, 5.74) is -1.75. The number of hydrogen-bond donors (Lipinski definition) is 1. The monoisotopic (exact) mass is 395 g/mol. The van der Waals surface area contributed by atoms with Crippen LogP contribution in [-0.2, 0) is 19.1 Å². The van der Waals surface area contributed by atoms with Gasteiger partial charge in [-0.2, -0.15) is 0 Å². The van der Waals surface area contributed by atoms with Gasteiger partial charge in [-0.3, -0.25) is 24.7 Å². The summed E-state index contributed by atoms with van der Waals surface area (Å²) in [6.07, 6.45) is 2.34. The Balaban J connectivity index is 2.35. The summed E-state index contributed by atoms with van der Waals surface area (Å²) >= 11 is 5.03. The number of rotatable bonds is 3. The van der Waals surface area contributed by atoms with E-state index in [9.17, 15) is 14.4 Å². The molecule has 1 atom stereocenters. The van der Waals surface area contributed by atoms with Gasteiger partial charge < -0.3 is 9.47 Å². The van der Waals surface area contributed by atoms with Crippen molar-refractivity contribution in [3.63, 3.8) is 0 Å². The molecule has 3 amide bonds. The zero-order valence-corrected chi connectivity index (χ0v) is 17.0. The quantitative estimate of drug-likeness (QED) is 0.339. The highest BCUT2D eigenvalue weighted by Gasteiger charge is 2.46. The van der Waals surface area contributed by atoms with E-state index in [0.29, 0.717) is 0 Å². The van der Waals surface area contributed by atoms with E-state index >= 15 is 0 Å². The summed E-state index contributed by atoms with van der Waals surface area (Å²) in [5.74, 6) is -1.16. The zero-order valence-electron chi connectivity index (χ0n) is 16.2. The number of nitrogens with zero attached hydrogens (tertiary/aromatic N) is 2. The first-order valence-corrected chi connectivity index (χ1v) is 8.94. The SMILES string of the molecule is C=CCN1C(=O)/C(=C/[C@@H]2COC(C)(C)N2C(=O)OC(C)(C)C)C(=O)NC1=S. The fourth-order valence-corrected chi connectivity index (χ4v) is 3.07. The summed E-state index contributed by atoms with van der Waals surface area (Å²) in [6, 6.07) is -0.642. The molecule has 0 unspecified atom stereocenters. The molecular formula is C18H25N3O5S. The predicted molar refractivity (Wildman–Crippen MR) is 103 cm³/mol. The Morgan fingerprint density at radius 2 is 2.07 bits per heavy atom. The Labute approximate surface area is 164 Å². The van der Waals surface area contributed by atoms with Crippen molar-refractivity contribution < 1.29 is 23.9 Å². The second kappa shape index (κ2) is 7.40. The smallest absolute Gasteiger partial charge is 0.413 e. The lowest BCUT2D eigenvalue weighted by Crippen LogP contribution is -2.55. The van der Waals surface area contributed by atoms with Crippen molar-refractivity contribution >= 4 is 35.2 Å². The van der Waals surface area contributed by atoms with Crippen LogP contribution >= 0.6 is 12.2 Å². The molecule has 2 saturated heterocycles. The van der Waals surface area contributed by atoms with E-state index in [1.54, 1.807) is 34.6 Å². The third-order valence-corrected chi connectivity index (χ3v) is 4.29. The van der Waals surface area contributed by atoms with Crippen LogP contribution in [0.25, 0.3) is 0 Å². The molecule has 2 heterocycles. The Morgan fingerprint density at radius 1 is 1.44 bits per heavy atom. The minimum atomic E-state index is -0.950. The van der Waals surface area contributed by atoms with Crippen molar-refractivity contribution in [1.82, 2.24) is 15.1 Å². The first-order chi connectivity index (χ1) is 12.4. The average molecular weight is 395 g/mol. The van der Waals surface area contributed by atoms with Crippen LogP contribution < -0.4 is 5.32 Å². The van der Waals surface area contributed by atoms with Crippen LogP contribution in [0.1, 0.15) is 34.6 Å². The third kappa shape index (κ3) is 4.54. The van der Waals surface area contributed by atoms with Crippen LogP contribution in [0.15, 0.2) is 24.3 Å². The van der Waals surface area contributed by atoms with Crippen LogP contribution in [0.5, 0.6) is 0 Å². The van der Waals surface area contributed by atoms with Gasteiger partial charge in [0.25, 0.3) is 11.8 Å². The van der Waals surface area contributed by atoms with E-state index in [1.807, 2.05) is 0 Å². The van der Waals surface area contributed by atoms with Crippen LogP contribution in [-0.4, -0.2) is 63.3 Å². The molecule has 0 spiro atoms. The molecule has 2 fully saturated rings. The number of thiocarbonyl (C=S) groups is 1. The second-order valence-corrected chi connectivity index (χ2v) is 8.11. The Bertz CT molecular complexity index is 723. The maximum absolute atomic E-state index is 12.7. The molecule has 0 radical (unpaired) electrons. The molecule has 0 aliphatic carbocycles. The number of carbonyl (C=O) groups is 3. The molecule has 9 heteroatoms.